The first-order valence-electron chi connectivity index (χ1n) is 23.5. The maximum Gasteiger partial charge on any atom is 0.329 e. The van der Waals surface area contributed by atoms with Gasteiger partial charge in [0.15, 0.2) is 12.2 Å². The van der Waals surface area contributed by atoms with Crippen LogP contribution >= 0.6 is 0 Å². The lowest BCUT2D eigenvalue weighted by molar-refractivity contribution is -0.167. The van der Waals surface area contributed by atoms with Crippen LogP contribution in [0.5, 0.6) is 0 Å². The molecule has 2 amide bonds. The second-order valence-electron chi connectivity index (χ2n) is 15.9. The van der Waals surface area contributed by atoms with Gasteiger partial charge in [0.05, 0.1) is 25.5 Å². The van der Waals surface area contributed by atoms with Gasteiger partial charge in [0.2, 0.25) is 11.8 Å². The fourth-order valence-corrected chi connectivity index (χ4v) is 5.73. The lowest BCUT2D eigenvalue weighted by Crippen LogP contribution is -2.44. The average molecular weight is 995 g/mol. The summed E-state index contributed by atoms with van der Waals surface area (Å²) >= 11 is 0. The van der Waals surface area contributed by atoms with E-state index in [1.807, 2.05) is 20.8 Å². The van der Waals surface area contributed by atoms with E-state index in [4.69, 9.17) is 33.5 Å². The number of aromatic nitrogens is 4. The number of imidazole rings is 2. The predicted octanol–water partition coefficient (Wildman–Crippen LogP) is 3.36. The molecule has 24 nitrogen and oxygen atoms in total. The number of H-pyrrole nitrogens is 2. The third kappa shape index (κ3) is 30.5. The standard InChI is InChI=1S/C24H37N3O9.C22H33N3O9/c1-3-5-7-9-23(32)36-18(14-34-22(31)8-6-4-2)15-35-24(33)19(12-17-13-25-16-26-17)27-20(28)10-11-21(29)30;1-3-5-7-19(27)32-12-16(34-21(29)6-4-2)13-33-20(28)9-8-18(26)25-17(22(30)31)10-15-11-23-14-24-15/h13,16,18-19H,3-12,14-15H2,1-2H3,(H,25,26)(H,27,28)(H,29,30);11,14,16-17H,3-10,12-13H2,1-2H3,(H,23,24)(H,25,26)(H,30,31). The van der Waals surface area contributed by atoms with Gasteiger partial charge in [-0.2, -0.15) is 0 Å². The van der Waals surface area contributed by atoms with E-state index in [2.05, 4.69) is 30.6 Å². The third-order valence-electron chi connectivity index (χ3n) is 9.54. The van der Waals surface area contributed by atoms with E-state index in [9.17, 15) is 53.1 Å². The number of hydrogen-bond acceptors (Lipinski definition) is 18. The van der Waals surface area contributed by atoms with Gasteiger partial charge in [-0.25, -0.2) is 19.6 Å². The molecule has 4 atom stereocenters. The Morgan fingerprint density at radius 1 is 0.500 bits per heavy atom. The van der Waals surface area contributed by atoms with Crippen molar-refractivity contribution in [3.05, 3.63) is 36.4 Å². The first kappa shape index (κ1) is 61.1. The summed E-state index contributed by atoms with van der Waals surface area (Å²) in [7, 11) is 0. The summed E-state index contributed by atoms with van der Waals surface area (Å²) in [5, 5.41) is 22.9. The fourth-order valence-electron chi connectivity index (χ4n) is 5.73. The smallest absolute Gasteiger partial charge is 0.329 e. The summed E-state index contributed by atoms with van der Waals surface area (Å²) in [6, 6.07) is -2.33. The number of esters is 6. The van der Waals surface area contributed by atoms with Gasteiger partial charge in [-0.15, -0.1) is 0 Å². The first-order chi connectivity index (χ1) is 33.5. The van der Waals surface area contributed by atoms with E-state index < -0.39 is 90.3 Å². The van der Waals surface area contributed by atoms with Crippen LogP contribution in [0.4, 0.5) is 0 Å². The summed E-state index contributed by atoms with van der Waals surface area (Å²) in [5.41, 5.74) is 1.07. The highest BCUT2D eigenvalue weighted by molar-refractivity contribution is 5.87. The molecule has 70 heavy (non-hydrogen) atoms. The zero-order chi connectivity index (χ0) is 52.1. The number of hydrogen-bond donors (Lipinski definition) is 6. The maximum absolute atomic E-state index is 12.8. The number of rotatable bonds is 36. The molecule has 0 saturated carbocycles. The molecule has 0 bridgehead atoms. The zero-order valence-corrected chi connectivity index (χ0v) is 40.5. The molecule has 0 saturated heterocycles. The van der Waals surface area contributed by atoms with Crippen LogP contribution < -0.4 is 10.6 Å². The van der Waals surface area contributed by atoms with Crippen LogP contribution in [-0.4, -0.2) is 140 Å². The van der Waals surface area contributed by atoms with Crippen LogP contribution in [0.1, 0.15) is 142 Å². The average Bonchev–Trinajstić information content (AvgIpc) is 4.05. The number of carbonyl (C=O) groups excluding carboxylic acids is 8. The molecule has 0 aliphatic heterocycles. The summed E-state index contributed by atoms with van der Waals surface area (Å²) in [4.78, 5) is 132. The van der Waals surface area contributed by atoms with Crippen molar-refractivity contribution >= 4 is 59.6 Å². The minimum absolute atomic E-state index is 0.00725. The molecule has 0 aliphatic rings. The molecule has 0 aromatic carbocycles. The van der Waals surface area contributed by atoms with E-state index in [1.54, 1.807) is 6.92 Å². The summed E-state index contributed by atoms with van der Waals surface area (Å²) < 4.78 is 31.2. The molecule has 2 heterocycles. The minimum Gasteiger partial charge on any atom is -0.481 e. The van der Waals surface area contributed by atoms with Gasteiger partial charge in [0, 0.05) is 75.1 Å². The van der Waals surface area contributed by atoms with Crippen LogP contribution in [0.15, 0.2) is 25.0 Å². The molecule has 4 unspecified atom stereocenters. The summed E-state index contributed by atoms with van der Waals surface area (Å²) in [5.74, 6) is -7.10. The number of carbonyl (C=O) groups is 10. The molecular weight excluding hydrogens is 925 g/mol. The molecule has 0 spiro atoms. The number of amides is 2. The molecule has 392 valence electrons. The fraction of sp³-hybridized carbons (Fsp3) is 0.652. The van der Waals surface area contributed by atoms with Gasteiger partial charge < -0.3 is 59.2 Å². The van der Waals surface area contributed by atoms with Gasteiger partial charge in [0.25, 0.3) is 0 Å². The minimum atomic E-state index is -1.23. The Kier molecular flexibility index (Phi) is 32.4. The molecule has 2 aromatic rings. The summed E-state index contributed by atoms with van der Waals surface area (Å²) in [6.07, 6.45) is 9.24. The van der Waals surface area contributed by atoms with Crippen LogP contribution in [0.25, 0.3) is 0 Å². The van der Waals surface area contributed by atoms with Crippen LogP contribution in [0.2, 0.25) is 0 Å². The number of carboxylic acid groups (broad SMARTS) is 2. The van der Waals surface area contributed by atoms with Gasteiger partial charge in [-0.3, -0.25) is 38.4 Å². The highest BCUT2D eigenvalue weighted by Gasteiger charge is 2.27. The highest BCUT2D eigenvalue weighted by Crippen LogP contribution is 2.10. The Morgan fingerprint density at radius 3 is 1.37 bits per heavy atom. The lowest BCUT2D eigenvalue weighted by Gasteiger charge is -2.21. The van der Waals surface area contributed by atoms with Crippen molar-refractivity contribution in [2.45, 2.75) is 168 Å². The third-order valence-corrected chi connectivity index (χ3v) is 9.54. The predicted molar refractivity (Wildman–Crippen MR) is 244 cm³/mol. The second-order valence-corrected chi connectivity index (χ2v) is 15.9. The molecule has 0 radical (unpaired) electrons. The van der Waals surface area contributed by atoms with E-state index >= 15 is 0 Å². The van der Waals surface area contributed by atoms with Crippen molar-refractivity contribution < 1.29 is 86.6 Å². The molecule has 6 N–H and O–H groups in total. The molecule has 2 rings (SSSR count). The van der Waals surface area contributed by atoms with Crippen molar-refractivity contribution in [3.8, 4) is 0 Å². The molecule has 0 aliphatic carbocycles. The number of carboxylic acids is 2. The number of aromatic amines is 2. The van der Waals surface area contributed by atoms with Crippen molar-refractivity contribution in [3.63, 3.8) is 0 Å². The van der Waals surface area contributed by atoms with Gasteiger partial charge >= 0.3 is 47.8 Å². The Morgan fingerprint density at radius 2 is 0.929 bits per heavy atom. The number of aliphatic carboxylic acids is 2. The maximum atomic E-state index is 12.8. The molecular formula is C46H70N6O18. The van der Waals surface area contributed by atoms with E-state index in [1.165, 1.54) is 25.0 Å². The van der Waals surface area contributed by atoms with E-state index in [0.29, 0.717) is 37.1 Å². The highest BCUT2D eigenvalue weighted by atomic mass is 16.6. The number of nitrogens with zero attached hydrogens (tertiary/aromatic N) is 2. The SMILES string of the molecule is CCCCC(=O)OCC(COC(=O)CCC(=O)NC(Cc1cnc[nH]1)C(=O)O)OC(=O)CCC.CCCCCC(=O)OC(COC(=O)CCCC)COC(=O)C(Cc1cnc[nH]1)NC(=O)CCC(=O)O. The second kappa shape index (κ2) is 37.1. The lowest BCUT2D eigenvalue weighted by atomic mass is 10.1. The van der Waals surface area contributed by atoms with Crippen molar-refractivity contribution in [2.24, 2.45) is 0 Å². The molecule has 24 heteroatoms. The number of nitrogens with one attached hydrogen (secondary N) is 4. The quantitative estimate of drug-likeness (QED) is 0.0324. The normalized spacial score (nSPS) is 12.3. The van der Waals surface area contributed by atoms with Crippen LogP contribution in [0, 0.1) is 0 Å². The zero-order valence-electron chi connectivity index (χ0n) is 40.5. The van der Waals surface area contributed by atoms with E-state index in [0.717, 1.165) is 25.7 Å². The Balaban J connectivity index is 0.000000701. The van der Waals surface area contributed by atoms with Crippen molar-refractivity contribution in [1.29, 1.82) is 0 Å². The van der Waals surface area contributed by atoms with Gasteiger partial charge in [-0.05, 0) is 25.7 Å². The Labute approximate surface area is 406 Å². The summed E-state index contributed by atoms with van der Waals surface area (Å²) in [6.45, 7) is 6.43. The van der Waals surface area contributed by atoms with Crippen LogP contribution in [-0.2, 0) is 89.2 Å². The largest absolute Gasteiger partial charge is 0.481 e. The molecule has 0 fully saturated rings. The number of unbranched alkanes of at least 4 members (excludes halogenated alkanes) is 4. The molecule has 2 aromatic heterocycles. The number of ether oxygens (including phenoxy) is 6. The Hall–Kier alpha value is -6.88. The van der Waals surface area contributed by atoms with Crippen molar-refractivity contribution in [1.82, 2.24) is 30.6 Å². The van der Waals surface area contributed by atoms with Gasteiger partial charge in [0.1, 0.15) is 38.5 Å². The monoisotopic (exact) mass is 994 g/mol. The van der Waals surface area contributed by atoms with Gasteiger partial charge in [-0.1, -0.05) is 53.4 Å². The van der Waals surface area contributed by atoms with E-state index in [-0.39, 0.29) is 84.2 Å². The topological polar surface area (TPSA) is 348 Å². The Bertz CT molecular complexity index is 1890. The first-order valence-corrected chi connectivity index (χ1v) is 23.5. The van der Waals surface area contributed by atoms with Crippen LogP contribution in [0.3, 0.4) is 0 Å². The van der Waals surface area contributed by atoms with Crippen molar-refractivity contribution in [2.75, 3.05) is 26.4 Å².